The Morgan fingerprint density at radius 1 is 1.11 bits per heavy atom. The lowest BCUT2D eigenvalue weighted by atomic mass is 9.77. The van der Waals surface area contributed by atoms with E-state index in [4.69, 9.17) is 10.5 Å². The minimum Gasteiger partial charge on any atom is -0.381 e. The molecule has 0 atom stereocenters. The Hall–Kier alpha value is -0.120. The van der Waals surface area contributed by atoms with Crippen molar-refractivity contribution in [2.24, 2.45) is 16.6 Å². The van der Waals surface area contributed by atoms with Crippen molar-refractivity contribution in [3.8, 4) is 0 Å². The van der Waals surface area contributed by atoms with E-state index in [1.807, 2.05) is 0 Å². The highest BCUT2D eigenvalue weighted by Crippen LogP contribution is 2.31. The molecule has 1 aliphatic heterocycles. The van der Waals surface area contributed by atoms with Gasteiger partial charge in [-0.25, -0.2) is 0 Å². The van der Waals surface area contributed by atoms with Crippen LogP contribution >= 0.6 is 0 Å². The fourth-order valence-corrected chi connectivity index (χ4v) is 3.07. The molecule has 1 fully saturated rings. The molecule has 3 N–H and O–H groups in total. The number of nitrogens with two attached hydrogens (primary N) is 1. The monoisotopic (exact) mass is 256 g/mol. The molecule has 0 aromatic carbocycles. The predicted octanol–water partition coefficient (Wildman–Crippen LogP) is 2.55. The second-order valence-corrected chi connectivity index (χ2v) is 7.79. The van der Waals surface area contributed by atoms with E-state index < -0.39 is 0 Å². The predicted molar refractivity (Wildman–Crippen MR) is 77.7 cm³/mol. The van der Waals surface area contributed by atoms with Crippen LogP contribution in [-0.4, -0.2) is 31.8 Å². The van der Waals surface area contributed by atoms with Crippen LogP contribution in [-0.2, 0) is 4.74 Å². The van der Waals surface area contributed by atoms with Gasteiger partial charge in [-0.2, -0.15) is 0 Å². The van der Waals surface area contributed by atoms with E-state index in [2.05, 4.69) is 39.9 Å². The first-order chi connectivity index (χ1) is 8.18. The number of rotatable bonds is 5. The number of hydrogen-bond acceptors (Lipinski definition) is 3. The second-order valence-electron chi connectivity index (χ2n) is 7.79. The average molecular weight is 256 g/mol. The van der Waals surface area contributed by atoms with Crippen LogP contribution in [0, 0.1) is 10.8 Å². The van der Waals surface area contributed by atoms with E-state index in [1.54, 1.807) is 0 Å². The largest absolute Gasteiger partial charge is 0.381 e. The summed E-state index contributed by atoms with van der Waals surface area (Å²) in [6.07, 6.45) is 3.33. The minimum atomic E-state index is 0.165. The van der Waals surface area contributed by atoms with Crippen LogP contribution < -0.4 is 11.1 Å². The van der Waals surface area contributed by atoms with Gasteiger partial charge in [0.05, 0.1) is 0 Å². The zero-order valence-electron chi connectivity index (χ0n) is 12.9. The molecule has 3 nitrogen and oxygen atoms in total. The topological polar surface area (TPSA) is 47.3 Å². The average Bonchev–Trinajstić information content (AvgIpc) is 2.25. The highest BCUT2D eigenvalue weighted by Gasteiger charge is 2.34. The molecule has 0 bridgehead atoms. The van der Waals surface area contributed by atoms with Crippen molar-refractivity contribution < 1.29 is 4.74 Å². The molecular formula is C15H32N2O. The summed E-state index contributed by atoms with van der Waals surface area (Å²) in [5.74, 6) is 0. The Labute approximate surface area is 113 Å². The Balaban J connectivity index is 2.51. The number of ether oxygens (including phenoxy) is 1. The molecule has 18 heavy (non-hydrogen) atoms. The molecule has 0 saturated carbocycles. The van der Waals surface area contributed by atoms with Gasteiger partial charge in [-0.05, 0) is 50.5 Å². The summed E-state index contributed by atoms with van der Waals surface area (Å²) >= 11 is 0. The Morgan fingerprint density at radius 3 is 2.11 bits per heavy atom. The van der Waals surface area contributed by atoms with Crippen molar-refractivity contribution in [3.05, 3.63) is 0 Å². The summed E-state index contributed by atoms with van der Waals surface area (Å²) in [6.45, 7) is 15.0. The summed E-state index contributed by atoms with van der Waals surface area (Å²) in [4.78, 5) is 0. The van der Waals surface area contributed by atoms with Gasteiger partial charge in [0, 0.05) is 25.3 Å². The second kappa shape index (κ2) is 5.89. The molecule has 0 aromatic heterocycles. The lowest BCUT2D eigenvalue weighted by Gasteiger charge is -2.41. The molecule has 0 spiro atoms. The fraction of sp³-hybridized carbons (Fsp3) is 1.00. The van der Waals surface area contributed by atoms with Crippen LogP contribution in [0.15, 0.2) is 0 Å². The zero-order valence-corrected chi connectivity index (χ0v) is 12.9. The smallest absolute Gasteiger partial charge is 0.0472 e. The van der Waals surface area contributed by atoms with Gasteiger partial charge >= 0.3 is 0 Å². The molecule has 0 radical (unpaired) electrons. The van der Waals surface area contributed by atoms with Crippen LogP contribution in [0.5, 0.6) is 0 Å². The van der Waals surface area contributed by atoms with Crippen molar-refractivity contribution in [3.63, 3.8) is 0 Å². The van der Waals surface area contributed by atoms with Crippen molar-refractivity contribution >= 4 is 0 Å². The molecule has 1 aliphatic rings. The summed E-state index contributed by atoms with van der Waals surface area (Å²) in [7, 11) is 0. The van der Waals surface area contributed by atoms with Crippen LogP contribution in [0.2, 0.25) is 0 Å². The molecule has 3 heteroatoms. The highest BCUT2D eigenvalue weighted by molar-refractivity contribution is 4.90. The maximum absolute atomic E-state index is 6.00. The standard InChI is InChI=1S/C15H32N2O/c1-13(2,3)10-14(4,5)17-12-15(11-16)6-8-18-9-7-15/h17H,6-12,16H2,1-5H3. The quantitative estimate of drug-likeness (QED) is 0.794. The molecule has 0 unspecified atom stereocenters. The first-order valence-corrected chi connectivity index (χ1v) is 7.21. The number of nitrogens with one attached hydrogen (secondary N) is 1. The Kier molecular flexibility index (Phi) is 5.22. The molecule has 1 heterocycles. The maximum atomic E-state index is 6.00. The van der Waals surface area contributed by atoms with Crippen LogP contribution in [0.25, 0.3) is 0 Å². The molecule has 0 aliphatic carbocycles. The molecule has 1 rings (SSSR count). The summed E-state index contributed by atoms with van der Waals surface area (Å²) in [5.41, 5.74) is 6.76. The lowest BCUT2D eigenvalue weighted by Crippen LogP contribution is -2.51. The van der Waals surface area contributed by atoms with Crippen molar-refractivity contribution in [2.75, 3.05) is 26.3 Å². The minimum absolute atomic E-state index is 0.165. The van der Waals surface area contributed by atoms with Gasteiger partial charge < -0.3 is 15.8 Å². The maximum Gasteiger partial charge on any atom is 0.0472 e. The van der Waals surface area contributed by atoms with Gasteiger partial charge in [0.1, 0.15) is 0 Å². The third-order valence-corrected chi connectivity index (χ3v) is 3.90. The fourth-order valence-electron chi connectivity index (χ4n) is 3.07. The van der Waals surface area contributed by atoms with Gasteiger partial charge in [0.15, 0.2) is 0 Å². The van der Waals surface area contributed by atoms with E-state index in [1.165, 1.54) is 0 Å². The molecular weight excluding hydrogens is 224 g/mol. The van der Waals surface area contributed by atoms with Gasteiger partial charge in [-0.3, -0.25) is 0 Å². The van der Waals surface area contributed by atoms with Crippen molar-refractivity contribution in [2.45, 2.75) is 59.4 Å². The Bertz CT molecular complexity index is 250. The van der Waals surface area contributed by atoms with Gasteiger partial charge in [-0.1, -0.05) is 20.8 Å². The van der Waals surface area contributed by atoms with Crippen molar-refractivity contribution in [1.29, 1.82) is 0 Å². The van der Waals surface area contributed by atoms with Crippen LogP contribution in [0.3, 0.4) is 0 Å². The third-order valence-electron chi connectivity index (χ3n) is 3.90. The number of hydrogen-bond donors (Lipinski definition) is 2. The first kappa shape index (κ1) is 15.9. The van der Waals surface area contributed by atoms with Crippen molar-refractivity contribution in [1.82, 2.24) is 5.32 Å². The highest BCUT2D eigenvalue weighted by atomic mass is 16.5. The van der Waals surface area contributed by atoms with E-state index >= 15 is 0 Å². The summed E-state index contributed by atoms with van der Waals surface area (Å²) < 4.78 is 5.46. The van der Waals surface area contributed by atoms with E-state index in [0.717, 1.165) is 45.6 Å². The molecule has 108 valence electrons. The zero-order chi connectivity index (χ0) is 13.9. The van der Waals surface area contributed by atoms with Gasteiger partial charge in [0.25, 0.3) is 0 Å². The lowest BCUT2D eigenvalue weighted by molar-refractivity contribution is 0.0148. The molecule has 1 saturated heterocycles. The Morgan fingerprint density at radius 2 is 1.67 bits per heavy atom. The summed E-state index contributed by atoms with van der Waals surface area (Å²) in [5, 5.41) is 3.74. The van der Waals surface area contributed by atoms with E-state index in [-0.39, 0.29) is 11.0 Å². The molecule has 0 amide bonds. The van der Waals surface area contributed by atoms with Crippen LogP contribution in [0.1, 0.15) is 53.9 Å². The first-order valence-electron chi connectivity index (χ1n) is 7.21. The third kappa shape index (κ3) is 5.25. The van der Waals surface area contributed by atoms with Gasteiger partial charge in [-0.15, -0.1) is 0 Å². The van der Waals surface area contributed by atoms with Crippen LogP contribution in [0.4, 0.5) is 0 Å². The van der Waals surface area contributed by atoms with Gasteiger partial charge in [0.2, 0.25) is 0 Å². The van der Waals surface area contributed by atoms with E-state index in [9.17, 15) is 0 Å². The SMILES string of the molecule is CC(C)(C)CC(C)(C)NCC1(CN)CCOCC1. The molecule has 0 aromatic rings. The van der Waals surface area contributed by atoms with E-state index in [0.29, 0.717) is 5.41 Å². The summed E-state index contributed by atoms with van der Waals surface area (Å²) in [6, 6.07) is 0. The normalized spacial score (nSPS) is 21.0.